The highest BCUT2D eigenvalue weighted by Gasteiger charge is 2.24. The molecule has 1 aromatic rings. The quantitative estimate of drug-likeness (QED) is 0.723. The standard InChI is InChI=1S/C13H13FO/c1-9(11-4-7-13(15)8-11)10-2-5-12(14)6-3-10/h2-3,5-6,11H,1,4,7-8H2. The van der Waals surface area contributed by atoms with Gasteiger partial charge < -0.3 is 0 Å². The van der Waals surface area contributed by atoms with Crippen LogP contribution in [0.2, 0.25) is 0 Å². The number of ketones is 1. The van der Waals surface area contributed by atoms with Crippen molar-refractivity contribution >= 4 is 11.4 Å². The maximum atomic E-state index is 12.7. The van der Waals surface area contributed by atoms with Gasteiger partial charge in [0.1, 0.15) is 11.6 Å². The van der Waals surface area contributed by atoms with E-state index in [1.54, 1.807) is 12.1 Å². The fraction of sp³-hybridized carbons (Fsp3) is 0.308. The number of halogens is 1. The predicted molar refractivity (Wildman–Crippen MR) is 57.8 cm³/mol. The summed E-state index contributed by atoms with van der Waals surface area (Å²) in [7, 11) is 0. The number of carbonyl (C=O) groups excluding carboxylic acids is 1. The van der Waals surface area contributed by atoms with Crippen molar-refractivity contribution < 1.29 is 9.18 Å². The Kier molecular flexibility index (Phi) is 2.67. The van der Waals surface area contributed by atoms with Crippen molar-refractivity contribution in [2.75, 3.05) is 0 Å². The summed E-state index contributed by atoms with van der Waals surface area (Å²) in [6.07, 6.45) is 2.14. The van der Waals surface area contributed by atoms with E-state index >= 15 is 0 Å². The first-order chi connectivity index (χ1) is 7.16. The van der Waals surface area contributed by atoms with Gasteiger partial charge in [0.15, 0.2) is 0 Å². The summed E-state index contributed by atoms with van der Waals surface area (Å²) in [5.41, 5.74) is 1.90. The van der Waals surface area contributed by atoms with Crippen LogP contribution < -0.4 is 0 Å². The van der Waals surface area contributed by atoms with Crippen molar-refractivity contribution in [2.24, 2.45) is 5.92 Å². The lowest BCUT2D eigenvalue weighted by atomic mass is 9.93. The molecule has 78 valence electrons. The average Bonchev–Trinajstić information content (AvgIpc) is 2.65. The van der Waals surface area contributed by atoms with Crippen molar-refractivity contribution in [2.45, 2.75) is 19.3 Å². The third-order valence-electron chi connectivity index (χ3n) is 2.95. The first-order valence-corrected chi connectivity index (χ1v) is 5.13. The molecule has 1 atom stereocenters. The molecule has 0 aliphatic heterocycles. The molecule has 15 heavy (non-hydrogen) atoms. The molecule has 1 saturated carbocycles. The molecule has 2 rings (SSSR count). The van der Waals surface area contributed by atoms with Crippen LogP contribution in [-0.2, 0) is 4.79 Å². The third-order valence-corrected chi connectivity index (χ3v) is 2.95. The summed E-state index contributed by atoms with van der Waals surface area (Å²) in [6, 6.07) is 6.30. The Morgan fingerprint density at radius 2 is 2.00 bits per heavy atom. The van der Waals surface area contributed by atoms with Crippen LogP contribution in [0.1, 0.15) is 24.8 Å². The van der Waals surface area contributed by atoms with Gasteiger partial charge in [-0.05, 0) is 35.6 Å². The zero-order chi connectivity index (χ0) is 10.8. The molecule has 0 N–H and O–H groups in total. The van der Waals surface area contributed by atoms with E-state index in [4.69, 9.17) is 0 Å². The van der Waals surface area contributed by atoms with Crippen LogP contribution in [-0.4, -0.2) is 5.78 Å². The number of allylic oxidation sites excluding steroid dienone is 1. The SMILES string of the molecule is C=C(c1ccc(F)cc1)C1CCC(=O)C1. The Morgan fingerprint density at radius 3 is 2.53 bits per heavy atom. The van der Waals surface area contributed by atoms with Crippen molar-refractivity contribution in [1.29, 1.82) is 0 Å². The molecule has 1 fully saturated rings. The number of hydrogen-bond donors (Lipinski definition) is 0. The molecule has 0 aromatic heterocycles. The summed E-state index contributed by atoms with van der Waals surface area (Å²) in [5, 5.41) is 0. The minimum absolute atomic E-state index is 0.242. The van der Waals surface area contributed by atoms with Crippen LogP contribution in [0.5, 0.6) is 0 Å². The Hall–Kier alpha value is -1.44. The van der Waals surface area contributed by atoms with Gasteiger partial charge in [0.25, 0.3) is 0 Å². The molecule has 1 aromatic carbocycles. The average molecular weight is 204 g/mol. The molecule has 0 radical (unpaired) electrons. The van der Waals surface area contributed by atoms with E-state index in [9.17, 15) is 9.18 Å². The second-order valence-corrected chi connectivity index (χ2v) is 4.01. The van der Waals surface area contributed by atoms with E-state index in [0.29, 0.717) is 18.6 Å². The summed E-state index contributed by atoms with van der Waals surface area (Å²) < 4.78 is 12.7. The van der Waals surface area contributed by atoms with Gasteiger partial charge in [-0.25, -0.2) is 4.39 Å². The zero-order valence-corrected chi connectivity index (χ0v) is 8.50. The van der Waals surface area contributed by atoms with E-state index in [1.807, 2.05) is 0 Å². The lowest BCUT2D eigenvalue weighted by Gasteiger charge is -2.12. The van der Waals surface area contributed by atoms with Gasteiger partial charge in [0.05, 0.1) is 0 Å². The lowest BCUT2D eigenvalue weighted by molar-refractivity contribution is -0.117. The number of benzene rings is 1. The topological polar surface area (TPSA) is 17.1 Å². The zero-order valence-electron chi connectivity index (χ0n) is 8.50. The summed E-state index contributed by atoms with van der Waals surface area (Å²) in [6.45, 7) is 4.00. The maximum absolute atomic E-state index is 12.7. The number of Topliss-reactive ketones (excluding diaryl/α,β-unsaturated/α-hetero) is 1. The minimum atomic E-state index is -0.242. The van der Waals surface area contributed by atoms with Gasteiger partial charge in [-0.15, -0.1) is 0 Å². The molecule has 2 heteroatoms. The predicted octanol–water partition coefficient (Wildman–Crippen LogP) is 3.21. The van der Waals surface area contributed by atoms with E-state index in [0.717, 1.165) is 17.6 Å². The third kappa shape index (κ3) is 2.14. The molecule has 1 nitrogen and oxygen atoms in total. The van der Waals surface area contributed by atoms with Crippen LogP contribution in [0, 0.1) is 11.7 Å². The minimum Gasteiger partial charge on any atom is -0.300 e. The molecular weight excluding hydrogens is 191 g/mol. The molecule has 1 aliphatic carbocycles. The van der Waals surface area contributed by atoms with Gasteiger partial charge in [-0.1, -0.05) is 18.7 Å². The Morgan fingerprint density at radius 1 is 1.33 bits per heavy atom. The number of rotatable bonds is 2. The highest BCUT2D eigenvalue weighted by atomic mass is 19.1. The number of carbonyl (C=O) groups is 1. The second-order valence-electron chi connectivity index (χ2n) is 4.01. The van der Waals surface area contributed by atoms with E-state index < -0.39 is 0 Å². The fourth-order valence-corrected chi connectivity index (χ4v) is 2.01. The lowest BCUT2D eigenvalue weighted by Crippen LogP contribution is -1.98. The van der Waals surface area contributed by atoms with Crippen molar-refractivity contribution in [3.05, 3.63) is 42.2 Å². The van der Waals surface area contributed by atoms with Gasteiger partial charge in [-0.2, -0.15) is 0 Å². The van der Waals surface area contributed by atoms with Crippen molar-refractivity contribution in [3.63, 3.8) is 0 Å². The smallest absolute Gasteiger partial charge is 0.133 e. The summed E-state index contributed by atoms with van der Waals surface area (Å²) in [5.74, 6) is 0.320. The van der Waals surface area contributed by atoms with Gasteiger partial charge >= 0.3 is 0 Å². The largest absolute Gasteiger partial charge is 0.300 e. The second kappa shape index (κ2) is 3.97. The van der Waals surface area contributed by atoms with E-state index in [-0.39, 0.29) is 11.7 Å². The molecule has 1 aliphatic rings. The Bertz CT molecular complexity index is 392. The number of hydrogen-bond acceptors (Lipinski definition) is 1. The molecule has 0 amide bonds. The summed E-state index contributed by atoms with van der Waals surface area (Å²) in [4.78, 5) is 11.1. The van der Waals surface area contributed by atoms with Crippen molar-refractivity contribution in [1.82, 2.24) is 0 Å². The molecule has 1 unspecified atom stereocenters. The molecule has 0 spiro atoms. The van der Waals surface area contributed by atoms with Gasteiger partial charge in [0.2, 0.25) is 0 Å². The molecule has 0 bridgehead atoms. The molecule has 0 saturated heterocycles. The highest BCUT2D eigenvalue weighted by Crippen LogP contribution is 2.33. The molecule has 0 heterocycles. The van der Waals surface area contributed by atoms with Crippen LogP contribution in [0.3, 0.4) is 0 Å². The van der Waals surface area contributed by atoms with E-state index in [2.05, 4.69) is 6.58 Å². The van der Waals surface area contributed by atoms with Crippen molar-refractivity contribution in [3.8, 4) is 0 Å². The Balaban J connectivity index is 2.14. The van der Waals surface area contributed by atoms with Crippen LogP contribution in [0.15, 0.2) is 30.8 Å². The van der Waals surface area contributed by atoms with Crippen LogP contribution in [0.4, 0.5) is 4.39 Å². The monoisotopic (exact) mass is 204 g/mol. The summed E-state index contributed by atoms with van der Waals surface area (Å²) >= 11 is 0. The van der Waals surface area contributed by atoms with Crippen LogP contribution >= 0.6 is 0 Å². The van der Waals surface area contributed by atoms with Crippen LogP contribution in [0.25, 0.3) is 5.57 Å². The van der Waals surface area contributed by atoms with Gasteiger partial charge in [0, 0.05) is 12.8 Å². The normalized spacial score (nSPS) is 20.6. The fourth-order valence-electron chi connectivity index (χ4n) is 2.01. The first-order valence-electron chi connectivity index (χ1n) is 5.13. The first kappa shape index (κ1) is 10.1. The van der Waals surface area contributed by atoms with Gasteiger partial charge in [-0.3, -0.25) is 4.79 Å². The highest BCUT2D eigenvalue weighted by molar-refractivity contribution is 5.84. The maximum Gasteiger partial charge on any atom is 0.133 e. The molecular formula is C13H13FO. The van der Waals surface area contributed by atoms with E-state index in [1.165, 1.54) is 12.1 Å². The Labute approximate surface area is 88.6 Å².